The zero-order chi connectivity index (χ0) is 11.7. The SMILES string of the molecule is CCc1c(C)c(-c2ccc(Br)cc2)nn1C. The first-order chi connectivity index (χ1) is 7.63. The molecule has 2 nitrogen and oxygen atoms in total. The molecular weight excluding hydrogens is 264 g/mol. The first-order valence-electron chi connectivity index (χ1n) is 5.42. The van der Waals surface area contributed by atoms with Crippen LogP contribution in [-0.2, 0) is 13.5 Å². The Morgan fingerprint density at radius 1 is 1.25 bits per heavy atom. The summed E-state index contributed by atoms with van der Waals surface area (Å²) in [5, 5.41) is 4.58. The van der Waals surface area contributed by atoms with Crippen LogP contribution < -0.4 is 0 Å². The summed E-state index contributed by atoms with van der Waals surface area (Å²) in [6.45, 7) is 4.30. The van der Waals surface area contributed by atoms with Crippen molar-refractivity contribution >= 4 is 15.9 Å². The third-order valence-corrected chi connectivity index (χ3v) is 3.41. The molecule has 0 amide bonds. The molecule has 0 aliphatic rings. The molecule has 1 aromatic carbocycles. The maximum atomic E-state index is 4.58. The van der Waals surface area contributed by atoms with Crippen LogP contribution in [0.3, 0.4) is 0 Å². The van der Waals surface area contributed by atoms with E-state index in [1.54, 1.807) is 0 Å². The monoisotopic (exact) mass is 278 g/mol. The van der Waals surface area contributed by atoms with Gasteiger partial charge in [-0.1, -0.05) is 35.0 Å². The van der Waals surface area contributed by atoms with Gasteiger partial charge in [0.25, 0.3) is 0 Å². The van der Waals surface area contributed by atoms with Gasteiger partial charge < -0.3 is 0 Å². The molecule has 2 aromatic rings. The van der Waals surface area contributed by atoms with Crippen molar-refractivity contribution in [2.24, 2.45) is 7.05 Å². The van der Waals surface area contributed by atoms with Crippen LogP contribution in [0.2, 0.25) is 0 Å². The lowest BCUT2D eigenvalue weighted by Crippen LogP contribution is -1.96. The molecule has 0 atom stereocenters. The number of aromatic nitrogens is 2. The van der Waals surface area contributed by atoms with E-state index in [-0.39, 0.29) is 0 Å². The number of benzene rings is 1. The molecule has 0 unspecified atom stereocenters. The van der Waals surface area contributed by atoms with Crippen LogP contribution in [0, 0.1) is 6.92 Å². The molecule has 1 aromatic heterocycles. The van der Waals surface area contributed by atoms with Gasteiger partial charge in [0.15, 0.2) is 0 Å². The fourth-order valence-electron chi connectivity index (χ4n) is 2.04. The van der Waals surface area contributed by atoms with E-state index in [1.807, 2.05) is 11.7 Å². The van der Waals surface area contributed by atoms with Crippen LogP contribution >= 0.6 is 15.9 Å². The van der Waals surface area contributed by atoms with Crippen molar-refractivity contribution in [1.29, 1.82) is 0 Å². The fourth-order valence-corrected chi connectivity index (χ4v) is 2.31. The van der Waals surface area contributed by atoms with Crippen molar-refractivity contribution in [2.75, 3.05) is 0 Å². The van der Waals surface area contributed by atoms with E-state index in [0.29, 0.717) is 0 Å². The van der Waals surface area contributed by atoms with Gasteiger partial charge in [0.2, 0.25) is 0 Å². The Labute approximate surface area is 104 Å². The highest BCUT2D eigenvalue weighted by atomic mass is 79.9. The first kappa shape index (κ1) is 11.4. The fraction of sp³-hybridized carbons (Fsp3) is 0.308. The summed E-state index contributed by atoms with van der Waals surface area (Å²) in [4.78, 5) is 0. The maximum Gasteiger partial charge on any atom is 0.0955 e. The van der Waals surface area contributed by atoms with E-state index >= 15 is 0 Å². The Balaban J connectivity index is 2.52. The smallest absolute Gasteiger partial charge is 0.0955 e. The van der Waals surface area contributed by atoms with Gasteiger partial charge in [0, 0.05) is 22.8 Å². The van der Waals surface area contributed by atoms with Gasteiger partial charge >= 0.3 is 0 Å². The highest BCUT2D eigenvalue weighted by Gasteiger charge is 2.11. The lowest BCUT2D eigenvalue weighted by Gasteiger charge is -1.99. The molecule has 1 heterocycles. The summed E-state index contributed by atoms with van der Waals surface area (Å²) in [5.41, 5.74) is 4.85. The van der Waals surface area contributed by atoms with E-state index in [4.69, 9.17) is 0 Å². The summed E-state index contributed by atoms with van der Waals surface area (Å²) in [6.07, 6.45) is 1.02. The third kappa shape index (κ3) is 1.92. The summed E-state index contributed by atoms with van der Waals surface area (Å²) in [5.74, 6) is 0. The number of hydrogen-bond donors (Lipinski definition) is 0. The van der Waals surface area contributed by atoms with Crippen molar-refractivity contribution in [2.45, 2.75) is 20.3 Å². The van der Waals surface area contributed by atoms with Gasteiger partial charge in [-0.2, -0.15) is 5.10 Å². The number of nitrogens with zero attached hydrogens (tertiary/aromatic N) is 2. The number of halogens is 1. The molecule has 0 radical (unpaired) electrons. The largest absolute Gasteiger partial charge is 0.272 e. The van der Waals surface area contributed by atoms with E-state index in [9.17, 15) is 0 Å². The quantitative estimate of drug-likeness (QED) is 0.819. The van der Waals surface area contributed by atoms with Gasteiger partial charge in [-0.15, -0.1) is 0 Å². The average molecular weight is 279 g/mol. The van der Waals surface area contributed by atoms with Crippen LogP contribution in [0.1, 0.15) is 18.2 Å². The zero-order valence-electron chi connectivity index (χ0n) is 9.79. The predicted octanol–water partition coefficient (Wildman–Crippen LogP) is 3.72. The van der Waals surface area contributed by atoms with Gasteiger partial charge in [-0.05, 0) is 31.0 Å². The lowest BCUT2D eigenvalue weighted by atomic mass is 10.1. The standard InChI is InChI=1S/C13H15BrN2/c1-4-12-9(2)13(15-16(12)3)10-5-7-11(14)8-6-10/h5-8H,4H2,1-3H3. The molecule has 0 spiro atoms. The summed E-state index contributed by atoms with van der Waals surface area (Å²) < 4.78 is 3.08. The summed E-state index contributed by atoms with van der Waals surface area (Å²) >= 11 is 3.44. The second kappa shape index (κ2) is 4.42. The van der Waals surface area contributed by atoms with E-state index in [2.05, 4.69) is 59.1 Å². The Kier molecular flexibility index (Phi) is 3.15. The van der Waals surface area contributed by atoms with Crippen molar-refractivity contribution < 1.29 is 0 Å². The summed E-state index contributed by atoms with van der Waals surface area (Å²) in [6, 6.07) is 8.29. The van der Waals surface area contributed by atoms with Crippen LogP contribution in [0.5, 0.6) is 0 Å². The van der Waals surface area contributed by atoms with Crippen molar-refractivity contribution in [3.8, 4) is 11.3 Å². The van der Waals surface area contributed by atoms with Gasteiger partial charge in [-0.3, -0.25) is 4.68 Å². The minimum atomic E-state index is 1.02. The third-order valence-electron chi connectivity index (χ3n) is 2.88. The first-order valence-corrected chi connectivity index (χ1v) is 6.21. The predicted molar refractivity (Wildman–Crippen MR) is 70.5 cm³/mol. The molecule has 0 aliphatic heterocycles. The maximum absolute atomic E-state index is 4.58. The number of hydrogen-bond acceptors (Lipinski definition) is 1. The number of rotatable bonds is 2. The zero-order valence-corrected chi connectivity index (χ0v) is 11.4. The Morgan fingerprint density at radius 3 is 2.38 bits per heavy atom. The van der Waals surface area contributed by atoms with Crippen LogP contribution in [0.25, 0.3) is 11.3 Å². The van der Waals surface area contributed by atoms with Gasteiger partial charge in [0.1, 0.15) is 0 Å². The molecule has 16 heavy (non-hydrogen) atoms. The molecule has 3 heteroatoms. The normalized spacial score (nSPS) is 10.8. The Bertz CT molecular complexity index is 497. The van der Waals surface area contributed by atoms with Gasteiger partial charge in [-0.25, -0.2) is 0 Å². The minimum absolute atomic E-state index is 1.02. The van der Waals surface area contributed by atoms with Gasteiger partial charge in [0.05, 0.1) is 5.69 Å². The van der Waals surface area contributed by atoms with Crippen molar-refractivity contribution in [3.63, 3.8) is 0 Å². The van der Waals surface area contributed by atoms with Crippen LogP contribution in [-0.4, -0.2) is 9.78 Å². The second-order valence-corrected chi connectivity index (χ2v) is 4.82. The number of aryl methyl sites for hydroxylation is 1. The molecular formula is C13H15BrN2. The molecule has 0 N–H and O–H groups in total. The molecule has 0 bridgehead atoms. The Hall–Kier alpha value is -1.09. The molecule has 0 fully saturated rings. The molecule has 0 saturated carbocycles. The average Bonchev–Trinajstić information content (AvgIpc) is 2.55. The highest BCUT2D eigenvalue weighted by Crippen LogP contribution is 2.25. The van der Waals surface area contributed by atoms with E-state index in [1.165, 1.54) is 16.8 Å². The van der Waals surface area contributed by atoms with E-state index < -0.39 is 0 Å². The topological polar surface area (TPSA) is 17.8 Å². The highest BCUT2D eigenvalue weighted by molar-refractivity contribution is 9.10. The molecule has 84 valence electrons. The summed E-state index contributed by atoms with van der Waals surface area (Å²) in [7, 11) is 2.01. The Morgan fingerprint density at radius 2 is 1.88 bits per heavy atom. The van der Waals surface area contributed by atoms with Crippen LogP contribution in [0.15, 0.2) is 28.7 Å². The van der Waals surface area contributed by atoms with Crippen molar-refractivity contribution in [3.05, 3.63) is 40.0 Å². The van der Waals surface area contributed by atoms with Crippen LogP contribution in [0.4, 0.5) is 0 Å². The second-order valence-electron chi connectivity index (χ2n) is 3.90. The van der Waals surface area contributed by atoms with Crippen molar-refractivity contribution in [1.82, 2.24) is 9.78 Å². The molecule has 0 aliphatic carbocycles. The molecule has 0 saturated heterocycles. The van der Waals surface area contributed by atoms with E-state index in [0.717, 1.165) is 16.6 Å². The minimum Gasteiger partial charge on any atom is -0.272 e. The lowest BCUT2D eigenvalue weighted by molar-refractivity contribution is 0.718. The molecule has 2 rings (SSSR count).